The van der Waals surface area contributed by atoms with E-state index >= 15 is 0 Å². The molecule has 8 heteroatoms. The lowest BCUT2D eigenvalue weighted by atomic mass is 10.1. The zero-order valence-electron chi connectivity index (χ0n) is 14.3. The van der Waals surface area contributed by atoms with Gasteiger partial charge in [-0.2, -0.15) is 8.42 Å². The van der Waals surface area contributed by atoms with Gasteiger partial charge in [-0.3, -0.25) is 4.90 Å². The quantitative estimate of drug-likeness (QED) is 0.590. The molecule has 0 bridgehead atoms. The van der Waals surface area contributed by atoms with Crippen molar-refractivity contribution in [1.82, 2.24) is 10.2 Å². The first kappa shape index (κ1) is 20.4. The average molecular weight is 437 g/mol. The van der Waals surface area contributed by atoms with E-state index < -0.39 is 10.5 Å². The summed E-state index contributed by atoms with van der Waals surface area (Å²) >= 11 is 3.46. The average Bonchev–Trinajstić information content (AvgIpc) is 2.68. The lowest BCUT2D eigenvalue weighted by Gasteiger charge is -2.27. The molecule has 26 heavy (non-hydrogen) atoms. The topological polar surface area (TPSA) is 74.1 Å². The van der Waals surface area contributed by atoms with Gasteiger partial charge in [0.25, 0.3) is 0 Å². The summed E-state index contributed by atoms with van der Waals surface area (Å²) in [5, 5.41) is 7.16. The van der Waals surface area contributed by atoms with Crippen LogP contribution < -0.4 is 5.32 Å². The van der Waals surface area contributed by atoms with Crippen LogP contribution in [0.5, 0.6) is 0 Å². The molecule has 0 aromatic heterocycles. The second kappa shape index (κ2) is 11.7. The standard InChI is InChI=1S/C12H15BrN4O2S.C6H6/c13-11-4-2-1-3-10(11)12(15-16-20(18)19)9-17-7-5-14-6-8-17;1-2-4-6-5-3-1/h1-4,14H,5-9H2;1-6H. The molecule has 1 heterocycles. The van der Waals surface area contributed by atoms with Crippen molar-refractivity contribution in [1.29, 1.82) is 0 Å². The van der Waals surface area contributed by atoms with Gasteiger partial charge in [0.2, 0.25) is 0 Å². The number of benzene rings is 2. The molecule has 1 fully saturated rings. The Balaban J connectivity index is 0.000000342. The first-order valence-corrected chi connectivity index (χ1v) is 10.0. The summed E-state index contributed by atoms with van der Waals surface area (Å²) in [5.41, 5.74) is 1.50. The van der Waals surface area contributed by atoms with E-state index in [2.05, 4.69) is 35.7 Å². The van der Waals surface area contributed by atoms with Gasteiger partial charge in [-0.15, -0.1) is 5.10 Å². The Hall–Kier alpha value is -1.87. The molecule has 2 aromatic carbocycles. The molecule has 0 saturated carbocycles. The maximum absolute atomic E-state index is 10.6. The van der Waals surface area contributed by atoms with E-state index in [1.807, 2.05) is 60.7 Å². The van der Waals surface area contributed by atoms with Crippen LogP contribution in [-0.4, -0.2) is 51.8 Å². The highest BCUT2D eigenvalue weighted by atomic mass is 79.9. The molecule has 2 aromatic rings. The predicted octanol–water partition coefficient (Wildman–Crippen LogP) is 2.81. The van der Waals surface area contributed by atoms with E-state index in [0.29, 0.717) is 12.3 Å². The molecule has 0 radical (unpaired) electrons. The van der Waals surface area contributed by atoms with Crippen LogP contribution in [0.15, 0.2) is 74.7 Å². The Bertz CT molecular complexity index is 801. The van der Waals surface area contributed by atoms with Gasteiger partial charge in [-0.1, -0.05) is 70.5 Å². The summed E-state index contributed by atoms with van der Waals surface area (Å²) < 4.78 is 25.3. The molecule has 0 spiro atoms. The zero-order valence-corrected chi connectivity index (χ0v) is 16.7. The first-order chi connectivity index (χ1) is 12.7. The van der Waals surface area contributed by atoms with Gasteiger partial charge < -0.3 is 5.32 Å². The third-order valence-electron chi connectivity index (χ3n) is 3.66. The fourth-order valence-electron chi connectivity index (χ4n) is 2.41. The summed E-state index contributed by atoms with van der Waals surface area (Å²) in [7, 11) is -2.53. The summed E-state index contributed by atoms with van der Waals surface area (Å²) in [4.78, 5) is 2.22. The molecule has 1 aliphatic heterocycles. The zero-order chi connectivity index (χ0) is 18.6. The van der Waals surface area contributed by atoms with Crippen LogP contribution in [0.2, 0.25) is 0 Å². The second-order valence-corrected chi connectivity index (χ2v) is 6.96. The van der Waals surface area contributed by atoms with Gasteiger partial charge in [0.1, 0.15) is 0 Å². The van der Waals surface area contributed by atoms with Crippen LogP contribution in [-0.2, 0) is 10.5 Å². The van der Waals surface area contributed by atoms with E-state index in [9.17, 15) is 8.42 Å². The summed E-state index contributed by atoms with van der Waals surface area (Å²) in [6.45, 7) is 4.24. The molecule has 1 saturated heterocycles. The van der Waals surface area contributed by atoms with Crippen LogP contribution in [0.4, 0.5) is 0 Å². The highest BCUT2D eigenvalue weighted by molar-refractivity contribution is 9.10. The molecule has 0 atom stereocenters. The number of piperazine rings is 1. The van der Waals surface area contributed by atoms with Crippen molar-refractivity contribution < 1.29 is 8.42 Å². The molecular weight excluding hydrogens is 416 g/mol. The van der Waals surface area contributed by atoms with Crippen molar-refractivity contribution in [3.63, 3.8) is 0 Å². The van der Waals surface area contributed by atoms with E-state index in [0.717, 1.165) is 36.2 Å². The van der Waals surface area contributed by atoms with Gasteiger partial charge in [-0.05, 0) is 10.5 Å². The fraction of sp³-hybridized carbons (Fsp3) is 0.278. The lowest BCUT2D eigenvalue weighted by molar-refractivity contribution is 0.272. The lowest BCUT2D eigenvalue weighted by Crippen LogP contribution is -2.45. The molecule has 0 amide bonds. The van der Waals surface area contributed by atoms with Gasteiger partial charge in [0.15, 0.2) is 0 Å². The SMILES string of the molecule is O=S(=O)=NN=C(CN1CCNCC1)c1ccccc1Br.c1ccccc1. The number of hydrogen-bond donors (Lipinski definition) is 1. The Morgan fingerprint density at radius 3 is 2.12 bits per heavy atom. The molecule has 6 nitrogen and oxygen atoms in total. The van der Waals surface area contributed by atoms with Gasteiger partial charge in [-0.25, -0.2) is 0 Å². The highest BCUT2D eigenvalue weighted by Crippen LogP contribution is 2.17. The fourth-order valence-corrected chi connectivity index (χ4v) is 3.09. The number of halogens is 1. The minimum Gasteiger partial charge on any atom is -0.314 e. The van der Waals surface area contributed by atoms with Crippen molar-refractivity contribution >= 4 is 32.1 Å². The predicted molar refractivity (Wildman–Crippen MR) is 108 cm³/mol. The van der Waals surface area contributed by atoms with Gasteiger partial charge in [0.05, 0.1) is 5.71 Å². The molecule has 1 aliphatic rings. The third-order valence-corrected chi connectivity index (χ3v) is 4.57. The van der Waals surface area contributed by atoms with Crippen LogP contribution in [0.1, 0.15) is 5.56 Å². The summed E-state index contributed by atoms with van der Waals surface area (Å²) in [6, 6.07) is 19.6. The van der Waals surface area contributed by atoms with Gasteiger partial charge >= 0.3 is 10.5 Å². The molecule has 0 aliphatic carbocycles. The maximum atomic E-state index is 10.6. The maximum Gasteiger partial charge on any atom is 0.334 e. The van der Waals surface area contributed by atoms with Crippen LogP contribution in [0, 0.1) is 0 Å². The largest absolute Gasteiger partial charge is 0.334 e. The van der Waals surface area contributed by atoms with Crippen LogP contribution in [0.3, 0.4) is 0 Å². The number of hydrogen-bond acceptors (Lipinski definition) is 5. The number of nitrogens with zero attached hydrogens (tertiary/aromatic N) is 3. The Kier molecular flexibility index (Phi) is 9.19. The van der Waals surface area contributed by atoms with Crippen LogP contribution in [0.25, 0.3) is 0 Å². The molecule has 3 rings (SSSR count). The van der Waals surface area contributed by atoms with Crippen LogP contribution >= 0.6 is 15.9 Å². The second-order valence-electron chi connectivity index (χ2n) is 5.51. The molecule has 138 valence electrons. The van der Waals surface area contributed by atoms with E-state index in [4.69, 9.17) is 0 Å². The van der Waals surface area contributed by atoms with Crippen molar-refractivity contribution in [3.8, 4) is 0 Å². The normalized spacial score (nSPS) is 14.9. The summed E-state index contributed by atoms with van der Waals surface area (Å²) in [6.07, 6.45) is 0. The van der Waals surface area contributed by atoms with Crippen molar-refractivity contribution in [2.45, 2.75) is 0 Å². The van der Waals surface area contributed by atoms with Crippen molar-refractivity contribution in [2.75, 3.05) is 32.7 Å². The molecule has 1 N–H and O–H groups in total. The first-order valence-electron chi connectivity index (χ1n) is 8.22. The number of rotatable bonds is 4. The van der Waals surface area contributed by atoms with Crippen molar-refractivity contribution in [3.05, 3.63) is 70.7 Å². The van der Waals surface area contributed by atoms with Crippen molar-refractivity contribution in [2.24, 2.45) is 9.57 Å². The van der Waals surface area contributed by atoms with E-state index in [1.54, 1.807) is 0 Å². The van der Waals surface area contributed by atoms with Gasteiger partial charge in [0, 0.05) is 42.8 Å². The minimum atomic E-state index is -2.53. The Morgan fingerprint density at radius 2 is 1.58 bits per heavy atom. The smallest absolute Gasteiger partial charge is 0.314 e. The third kappa shape index (κ3) is 7.57. The Morgan fingerprint density at radius 1 is 1.00 bits per heavy atom. The monoisotopic (exact) mass is 436 g/mol. The molecular formula is C18H21BrN4O2S. The molecule has 0 unspecified atom stereocenters. The van der Waals surface area contributed by atoms with E-state index in [-0.39, 0.29) is 0 Å². The van der Waals surface area contributed by atoms with E-state index in [1.165, 1.54) is 0 Å². The summed E-state index contributed by atoms with van der Waals surface area (Å²) in [5.74, 6) is 0. The minimum absolute atomic E-state index is 0.574. The number of nitrogens with one attached hydrogen (secondary N) is 1. The Labute approximate surface area is 163 Å². The highest BCUT2D eigenvalue weighted by Gasteiger charge is 2.15.